The smallest absolute Gasteiger partial charge is 0.270 e. The molecule has 0 bridgehead atoms. The number of anilines is 1. The van der Waals surface area contributed by atoms with Crippen LogP contribution in [0.1, 0.15) is 9.67 Å². The zero-order valence-electron chi connectivity index (χ0n) is 16.3. The van der Waals surface area contributed by atoms with Gasteiger partial charge in [-0.2, -0.15) is 0 Å². The summed E-state index contributed by atoms with van der Waals surface area (Å²) in [7, 11) is 0. The van der Waals surface area contributed by atoms with E-state index in [2.05, 4.69) is 5.32 Å². The molecule has 0 aliphatic carbocycles. The van der Waals surface area contributed by atoms with Crippen molar-refractivity contribution < 1.29 is 9.72 Å². The van der Waals surface area contributed by atoms with Crippen molar-refractivity contribution in [2.75, 3.05) is 31.5 Å². The average molecular weight is 530 g/mol. The average Bonchev–Trinajstić information content (AvgIpc) is 3.11. The van der Waals surface area contributed by atoms with Gasteiger partial charge in [-0.25, -0.2) is 0 Å². The second kappa shape index (κ2) is 9.36. The number of fused-ring (bicyclic) bond motifs is 1. The van der Waals surface area contributed by atoms with Gasteiger partial charge in [0, 0.05) is 53.4 Å². The minimum absolute atomic E-state index is 0.0372. The molecule has 1 saturated heterocycles. The minimum atomic E-state index is -0.470. The van der Waals surface area contributed by atoms with Crippen molar-refractivity contribution >= 4 is 90.8 Å². The zero-order valence-corrected chi connectivity index (χ0v) is 20.2. The Bertz CT molecular complexity index is 1240. The molecule has 1 aliphatic rings. The van der Waals surface area contributed by atoms with Gasteiger partial charge in [0.15, 0.2) is 5.11 Å². The highest BCUT2D eigenvalue weighted by Crippen LogP contribution is 2.38. The molecule has 1 fully saturated rings. The number of nitrogens with one attached hydrogen (secondary N) is 1. The zero-order chi connectivity index (χ0) is 23.0. The number of hydrogen-bond acceptors (Lipinski definition) is 5. The highest BCUT2D eigenvalue weighted by atomic mass is 35.5. The Hall–Kier alpha value is -2.17. The molecule has 0 unspecified atom stereocenters. The summed E-state index contributed by atoms with van der Waals surface area (Å²) in [5, 5.41) is 16.6. The van der Waals surface area contributed by atoms with Crippen molar-refractivity contribution in [2.45, 2.75) is 0 Å². The Morgan fingerprint density at radius 3 is 2.41 bits per heavy atom. The molecule has 0 spiro atoms. The lowest BCUT2D eigenvalue weighted by atomic mass is 10.2. The van der Waals surface area contributed by atoms with Crippen LogP contribution >= 0.6 is 58.4 Å². The van der Waals surface area contributed by atoms with Gasteiger partial charge in [-0.1, -0.05) is 34.8 Å². The van der Waals surface area contributed by atoms with Gasteiger partial charge in [0.25, 0.3) is 11.6 Å². The fraction of sp³-hybridized carbons (Fsp3) is 0.200. The number of nitro groups is 1. The second-order valence-corrected chi connectivity index (χ2v) is 9.68. The second-order valence-electron chi connectivity index (χ2n) is 7.02. The number of hydrogen-bond donors (Lipinski definition) is 1. The van der Waals surface area contributed by atoms with Crippen molar-refractivity contribution in [3.8, 4) is 0 Å². The molecular formula is C20H15Cl3N4O3S2. The molecule has 1 amide bonds. The molecule has 4 rings (SSSR count). The van der Waals surface area contributed by atoms with Crippen LogP contribution in [0, 0.1) is 10.1 Å². The van der Waals surface area contributed by atoms with Crippen LogP contribution in [-0.4, -0.2) is 51.9 Å². The van der Waals surface area contributed by atoms with Gasteiger partial charge in [-0.05, 0) is 36.5 Å². The van der Waals surface area contributed by atoms with Crippen LogP contribution in [0.25, 0.3) is 10.1 Å². The van der Waals surface area contributed by atoms with Gasteiger partial charge < -0.3 is 15.1 Å². The van der Waals surface area contributed by atoms with E-state index in [9.17, 15) is 14.9 Å². The molecule has 0 atom stereocenters. The Kier molecular flexibility index (Phi) is 6.73. The van der Waals surface area contributed by atoms with E-state index in [-0.39, 0.29) is 11.6 Å². The molecule has 166 valence electrons. The molecule has 1 aromatic heterocycles. The number of rotatable bonds is 3. The third-order valence-electron chi connectivity index (χ3n) is 5.04. The first kappa shape index (κ1) is 23.0. The summed E-state index contributed by atoms with van der Waals surface area (Å²) in [6.07, 6.45) is 0. The summed E-state index contributed by atoms with van der Waals surface area (Å²) in [6, 6.07) is 9.51. The van der Waals surface area contributed by atoms with E-state index in [1.165, 1.54) is 12.1 Å². The molecule has 0 radical (unpaired) electrons. The van der Waals surface area contributed by atoms with Crippen molar-refractivity contribution in [1.29, 1.82) is 0 Å². The van der Waals surface area contributed by atoms with Crippen molar-refractivity contribution in [3.05, 3.63) is 66.5 Å². The predicted molar refractivity (Wildman–Crippen MR) is 134 cm³/mol. The van der Waals surface area contributed by atoms with Gasteiger partial charge in [0.1, 0.15) is 4.88 Å². The number of non-ortho nitro benzene ring substituents is 1. The summed E-state index contributed by atoms with van der Waals surface area (Å²) >= 11 is 25.2. The largest absolute Gasteiger partial charge is 0.345 e. The number of nitro benzene ring substituents is 1. The first-order valence-corrected chi connectivity index (χ1v) is 11.8. The number of halogens is 3. The van der Waals surface area contributed by atoms with Gasteiger partial charge in [0.05, 0.1) is 20.7 Å². The molecular weight excluding hydrogens is 515 g/mol. The summed E-state index contributed by atoms with van der Waals surface area (Å²) in [5.41, 5.74) is 0.621. The summed E-state index contributed by atoms with van der Waals surface area (Å²) in [4.78, 5) is 27.7. The number of carbonyl (C=O) groups is 1. The van der Waals surface area contributed by atoms with Crippen molar-refractivity contribution in [1.82, 2.24) is 9.80 Å². The molecule has 0 saturated carbocycles. The van der Waals surface area contributed by atoms with Crippen LogP contribution in [0.5, 0.6) is 0 Å². The monoisotopic (exact) mass is 528 g/mol. The molecule has 1 aliphatic heterocycles. The van der Waals surface area contributed by atoms with Crippen LogP contribution in [0.15, 0.2) is 36.4 Å². The maximum atomic E-state index is 13.1. The van der Waals surface area contributed by atoms with Crippen LogP contribution in [0.3, 0.4) is 0 Å². The van der Waals surface area contributed by atoms with Gasteiger partial charge >= 0.3 is 0 Å². The lowest BCUT2D eigenvalue weighted by Gasteiger charge is -2.36. The third kappa shape index (κ3) is 4.62. The predicted octanol–water partition coefficient (Wildman–Crippen LogP) is 5.92. The fourth-order valence-electron chi connectivity index (χ4n) is 3.35. The van der Waals surface area contributed by atoms with Crippen molar-refractivity contribution in [3.63, 3.8) is 0 Å². The highest BCUT2D eigenvalue weighted by molar-refractivity contribution is 7.80. The van der Waals surface area contributed by atoms with Gasteiger partial charge in [-0.3, -0.25) is 14.9 Å². The maximum Gasteiger partial charge on any atom is 0.270 e. The Balaban J connectivity index is 1.42. The van der Waals surface area contributed by atoms with Crippen LogP contribution in [0.4, 0.5) is 11.4 Å². The Morgan fingerprint density at radius 2 is 1.75 bits per heavy atom. The molecule has 12 heteroatoms. The van der Waals surface area contributed by atoms with Crippen molar-refractivity contribution in [2.24, 2.45) is 0 Å². The van der Waals surface area contributed by atoms with Crippen LogP contribution < -0.4 is 5.32 Å². The normalized spacial score (nSPS) is 14.0. The molecule has 2 aromatic carbocycles. The number of carbonyl (C=O) groups excluding carboxylic acids is 1. The number of thiophene rings is 1. The van der Waals surface area contributed by atoms with Gasteiger partial charge in [0.2, 0.25) is 0 Å². The van der Waals surface area contributed by atoms with E-state index in [0.717, 1.165) is 11.3 Å². The fourth-order valence-corrected chi connectivity index (χ4v) is 5.61. The van der Waals surface area contributed by atoms with E-state index in [1.807, 2.05) is 4.90 Å². The number of nitrogens with zero attached hydrogens (tertiary/aromatic N) is 3. The quantitative estimate of drug-likeness (QED) is 0.258. The van der Waals surface area contributed by atoms with E-state index >= 15 is 0 Å². The highest BCUT2D eigenvalue weighted by Gasteiger charge is 2.27. The molecule has 3 aromatic rings. The summed E-state index contributed by atoms with van der Waals surface area (Å²) in [5.74, 6) is -0.196. The maximum absolute atomic E-state index is 13.1. The summed E-state index contributed by atoms with van der Waals surface area (Å²) in [6.45, 7) is 1.99. The first-order valence-electron chi connectivity index (χ1n) is 9.41. The minimum Gasteiger partial charge on any atom is -0.345 e. The van der Waals surface area contributed by atoms with E-state index < -0.39 is 4.92 Å². The standard InChI is InChI=1S/C20H15Cl3N4O3S2/c21-11-1-4-15(14(22)9-11)24-20(31)26-7-5-25(6-8-26)19(28)18-17(23)13-3-2-12(27(29)30)10-16(13)32-18/h1-4,9-10H,5-8H2,(H,24,31). The number of amides is 1. The number of thiocarbonyl (C=S) groups is 1. The van der Waals surface area contributed by atoms with E-state index in [0.29, 0.717) is 67.0 Å². The third-order valence-corrected chi connectivity index (χ3v) is 7.60. The summed E-state index contributed by atoms with van der Waals surface area (Å²) < 4.78 is 0.608. The van der Waals surface area contributed by atoms with E-state index in [1.54, 1.807) is 29.2 Å². The lowest BCUT2D eigenvalue weighted by Crippen LogP contribution is -2.51. The van der Waals surface area contributed by atoms with Crippen LogP contribution in [-0.2, 0) is 0 Å². The molecule has 1 N–H and O–H groups in total. The first-order chi connectivity index (χ1) is 15.2. The van der Waals surface area contributed by atoms with Crippen LogP contribution in [0.2, 0.25) is 15.1 Å². The Labute approximate surface area is 207 Å². The van der Waals surface area contributed by atoms with E-state index in [4.69, 9.17) is 47.0 Å². The molecule has 7 nitrogen and oxygen atoms in total. The number of benzene rings is 2. The Morgan fingerprint density at radius 1 is 1.06 bits per heavy atom. The molecule has 32 heavy (non-hydrogen) atoms. The SMILES string of the molecule is O=C(c1sc2cc([N+](=O)[O-])ccc2c1Cl)N1CCN(C(=S)Nc2ccc(Cl)cc2Cl)CC1. The number of piperazine rings is 1. The molecule has 2 heterocycles. The van der Waals surface area contributed by atoms with Gasteiger partial charge in [-0.15, -0.1) is 11.3 Å². The topological polar surface area (TPSA) is 78.7 Å². The lowest BCUT2D eigenvalue weighted by molar-refractivity contribution is -0.384.